The highest BCUT2D eigenvalue weighted by atomic mass is 35.5. The van der Waals surface area contributed by atoms with Crippen LogP contribution in [0.1, 0.15) is 12.0 Å². The summed E-state index contributed by atoms with van der Waals surface area (Å²) in [6, 6.07) is 5.06. The molecule has 0 aliphatic carbocycles. The highest BCUT2D eigenvalue weighted by molar-refractivity contribution is 7.92. The van der Waals surface area contributed by atoms with Crippen molar-refractivity contribution >= 4 is 38.9 Å². The molecule has 0 bridgehead atoms. The van der Waals surface area contributed by atoms with Crippen molar-refractivity contribution in [1.29, 1.82) is 0 Å². The molecule has 0 aromatic heterocycles. The van der Waals surface area contributed by atoms with E-state index in [9.17, 15) is 13.2 Å². The summed E-state index contributed by atoms with van der Waals surface area (Å²) >= 11 is 5.42. The summed E-state index contributed by atoms with van der Waals surface area (Å²) in [5.74, 6) is -0.0865. The molecule has 1 amide bonds. The number of hydrogen-bond donors (Lipinski definition) is 2. The molecule has 0 unspecified atom stereocenters. The topological polar surface area (TPSA) is 75.3 Å². The van der Waals surface area contributed by atoms with Gasteiger partial charge in [0.25, 0.3) is 0 Å². The van der Waals surface area contributed by atoms with Crippen molar-refractivity contribution in [1.82, 2.24) is 0 Å². The Balaban J connectivity index is 2.19. The van der Waals surface area contributed by atoms with Crippen molar-refractivity contribution in [3.63, 3.8) is 0 Å². The number of carbonyl (C=O) groups is 1. The van der Waals surface area contributed by atoms with Gasteiger partial charge in [0, 0.05) is 23.7 Å². The summed E-state index contributed by atoms with van der Waals surface area (Å²) in [4.78, 5) is 11.2. The van der Waals surface area contributed by atoms with Crippen molar-refractivity contribution in [2.45, 2.75) is 12.8 Å². The van der Waals surface area contributed by atoms with E-state index in [1.165, 1.54) is 0 Å². The number of aryl methyl sites for hydroxylation is 1. The van der Waals surface area contributed by atoms with Crippen LogP contribution >= 0.6 is 11.6 Å². The molecule has 0 saturated heterocycles. The number of hydrogen-bond acceptors (Lipinski definition) is 3. The third kappa shape index (κ3) is 3.14. The van der Waals surface area contributed by atoms with Gasteiger partial charge in [0.1, 0.15) is 0 Å². The highest BCUT2D eigenvalue weighted by Crippen LogP contribution is 2.26. The minimum atomic E-state index is -3.39. The average Bonchev–Trinajstić information content (AvgIpc) is 2.28. The highest BCUT2D eigenvalue weighted by Gasteiger charge is 2.16. The van der Waals surface area contributed by atoms with Crippen molar-refractivity contribution in [2.24, 2.45) is 0 Å². The van der Waals surface area contributed by atoms with Crippen LogP contribution < -0.4 is 10.0 Å². The smallest absolute Gasteiger partial charge is 0.233 e. The van der Waals surface area contributed by atoms with Gasteiger partial charge in [-0.25, -0.2) is 8.42 Å². The lowest BCUT2D eigenvalue weighted by molar-refractivity contribution is -0.116. The standard InChI is InChI=1S/C11H13ClN2O3S/c12-5-6-18(16,17)14-9-2-3-10-8(7-9)1-4-11(15)13-10/h2-3,7,14H,1,4-6H2,(H,13,15). The molecule has 0 atom stereocenters. The summed E-state index contributed by atoms with van der Waals surface area (Å²) in [7, 11) is -3.39. The molecule has 1 aromatic rings. The summed E-state index contributed by atoms with van der Waals surface area (Å²) in [5, 5.41) is 2.74. The van der Waals surface area contributed by atoms with Gasteiger partial charge in [0.2, 0.25) is 15.9 Å². The monoisotopic (exact) mass is 288 g/mol. The lowest BCUT2D eigenvalue weighted by atomic mass is 10.0. The van der Waals surface area contributed by atoms with E-state index in [1.54, 1.807) is 18.2 Å². The summed E-state index contributed by atoms with van der Waals surface area (Å²) < 4.78 is 25.6. The molecule has 2 N–H and O–H groups in total. The average molecular weight is 289 g/mol. The zero-order chi connectivity index (χ0) is 13.2. The molecule has 0 saturated carbocycles. The molecule has 5 nitrogen and oxygen atoms in total. The van der Waals surface area contributed by atoms with Gasteiger partial charge in [-0.3, -0.25) is 9.52 Å². The molecule has 0 fully saturated rings. The van der Waals surface area contributed by atoms with E-state index in [2.05, 4.69) is 10.0 Å². The molecule has 1 aromatic carbocycles. The van der Waals surface area contributed by atoms with Gasteiger partial charge in [-0.1, -0.05) is 0 Å². The van der Waals surface area contributed by atoms with Crippen LogP contribution in [0.25, 0.3) is 0 Å². The van der Waals surface area contributed by atoms with Gasteiger partial charge < -0.3 is 5.32 Å². The maximum absolute atomic E-state index is 11.6. The minimum absolute atomic E-state index is 0.0158. The second-order valence-corrected chi connectivity index (χ2v) is 6.25. The third-order valence-corrected chi connectivity index (χ3v) is 4.32. The Bertz CT molecular complexity index is 572. The van der Waals surface area contributed by atoms with Gasteiger partial charge in [-0.2, -0.15) is 0 Å². The Hall–Kier alpha value is -1.27. The quantitative estimate of drug-likeness (QED) is 0.826. The molecular formula is C11H13ClN2O3S. The van der Waals surface area contributed by atoms with E-state index in [0.717, 1.165) is 11.3 Å². The number of carbonyl (C=O) groups excluding carboxylic acids is 1. The zero-order valence-electron chi connectivity index (χ0n) is 9.57. The Labute approximate surface area is 111 Å². The predicted octanol–water partition coefficient (Wildman–Crippen LogP) is 1.55. The van der Waals surface area contributed by atoms with E-state index in [1.807, 2.05) is 0 Å². The fraction of sp³-hybridized carbons (Fsp3) is 0.364. The minimum Gasteiger partial charge on any atom is -0.326 e. The summed E-state index contributed by atoms with van der Waals surface area (Å²) in [5.41, 5.74) is 2.17. The Kier molecular flexibility index (Phi) is 3.77. The van der Waals surface area contributed by atoms with Gasteiger partial charge in [0.15, 0.2) is 0 Å². The van der Waals surface area contributed by atoms with Crippen LogP contribution in [0.15, 0.2) is 18.2 Å². The lowest BCUT2D eigenvalue weighted by Gasteiger charge is -2.18. The molecule has 1 aliphatic heterocycles. The van der Waals surface area contributed by atoms with E-state index in [4.69, 9.17) is 11.6 Å². The SMILES string of the molecule is O=C1CCc2cc(NS(=O)(=O)CCCl)ccc2N1. The Morgan fingerprint density at radius 3 is 2.83 bits per heavy atom. The number of amides is 1. The van der Waals surface area contributed by atoms with Crippen LogP contribution in [-0.4, -0.2) is 26.0 Å². The molecule has 1 aliphatic rings. The predicted molar refractivity (Wildman–Crippen MR) is 71.5 cm³/mol. The normalized spacial score (nSPS) is 14.8. The molecular weight excluding hydrogens is 276 g/mol. The number of anilines is 2. The summed E-state index contributed by atoms with van der Waals surface area (Å²) in [6.07, 6.45) is 1.04. The number of nitrogens with one attached hydrogen (secondary N) is 2. The van der Waals surface area contributed by atoms with Crippen molar-refractivity contribution in [2.75, 3.05) is 21.7 Å². The van der Waals surface area contributed by atoms with Crippen LogP contribution in [0.5, 0.6) is 0 Å². The second-order valence-electron chi connectivity index (χ2n) is 4.03. The van der Waals surface area contributed by atoms with Gasteiger partial charge >= 0.3 is 0 Å². The Morgan fingerprint density at radius 1 is 1.33 bits per heavy atom. The van der Waals surface area contributed by atoms with Crippen LogP contribution in [0.4, 0.5) is 11.4 Å². The van der Waals surface area contributed by atoms with Crippen molar-refractivity contribution in [3.05, 3.63) is 23.8 Å². The number of alkyl halides is 1. The molecule has 2 rings (SSSR count). The van der Waals surface area contributed by atoms with Crippen molar-refractivity contribution in [3.8, 4) is 0 Å². The number of halogens is 1. The fourth-order valence-corrected chi connectivity index (χ4v) is 3.18. The lowest BCUT2D eigenvalue weighted by Crippen LogP contribution is -2.20. The number of rotatable bonds is 4. The molecule has 1 heterocycles. The van der Waals surface area contributed by atoms with Gasteiger partial charge in [0.05, 0.1) is 5.75 Å². The largest absolute Gasteiger partial charge is 0.326 e. The van der Waals surface area contributed by atoms with E-state index < -0.39 is 10.0 Å². The van der Waals surface area contributed by atoms with E-state index in [-0.39, 0.29) is 17.5 Å². The third-order valence-electron chi connectivity index (χ3n) is 2.62. The van der Waals surface area contributed by atoms with Crippen molar-refractivity contribution < 1.29 is 13.2 Å². The van der Waals surface area contributed by atoms with Crippen LogP contribution in [0.2, 0.25) is 0 Å². The second kappa shape index (κ2) is 5.16. The zero-order valence-corrected chi connectivity index (χ0v) is 11.1. The first-order valence-corrected chi connectivity index (χ1v) is 7.68. The number of sulfonamides is 1. The Morgan fingerprint density at radius 2 is 2.11 bits per heavy atom. The van der Waals surface area contributed by atoms with E-state index >= 15 is 0 Å². The molecule has 0 radical (unpaired) electrons. The summed E-state index contributed by atoms with van der Waals surface area (Å²) in [6.45, 7) is 0. The van der Waals surface area contributed by atoms with Crippen LogP contribution in [0, 0.1) is 0 Å². The maximum atomic E-state index is 11.6. The number of benzene rings is 1. The number of fused-ring (bicyclic) bond motifs is 1. The first kappa shape index (κ1) is 13.2. The van der Waals surface area contributed by atoms with Crippen LogP contribution in [0.3, 0.4) is 0 Å². The molecule has 98 valence electrons. The maximum Gasteiger partial charge on any atom is 0.233 e. The molecule has 7 heteroatoms. The van der Waals surface area contributed by atoms with Gasteiger partial charge in [-0.15, -0.1) is 11.6 Å². The first-order valence-electron chi connectivity index (χ1n) is 5.49. The van der Waals surface area contributed by atoms with Crippen LogP contribution in [-0.2, 0) is 21.2 Å². The molecule has 18 heavy (non-hydrogen) atoms. The molecule has 0 spiro atoms. The van der Waals surface area contributed by atoms with Gasteiger partial charge in [-0.05, 0) is 30.2 Å². The first-order chi connectivity index (χ1) is 8.50. The van der Waals surface area contributed by atoms with E-state index in [0.29, 0.717) is 18.5 Å². The fourth-order valence-electron chi connectivity index (χ4n) is 1.78.